The van der Waals surface area contributed by atoms with Gasteiger partial charge in [-0.3, -0.25) is 9.79 Å². The maximum atomic E-state index is 15.0. The molecule has 3 unspecified atom stereocenters. The van der Waals surface area contributed by atoms with Gasteiger partial charge in [0.05, 0.1) is 5.57 Å². The second kappa shape index (κ2) is 10.5. The van der Waals surface area contributed by atoms with E-state index in [1.165, 1.54) is 19.2 Å². The molecule has 1 fully saturated rings. The summed E-state index contributed by atoms with van der Waals surface area (Å²) in [5.41, 5.74) is 1.29. The highest BCUT2D eigenvalue weighted by Gasteiger charge is 2.45. The standard InChI is InChI=1S/C27H27F2NO5/c1-15-22(26(31)34-14-21(33-3)17-8-5-4-6-9-17)24(19-10-7-11-20(28)25(19)29)23(16(2)30-15)27(32)35-18-12-13-18/h4-11,18,21,23-24H,12-14H2,1-3H3. The molecule has 184 valence electrons. The summed E-state index contributed by atoms with van der Waals surface area (Å²) < 4.78 is 45.8. The van der Waals surface area contributed by atoms with Crippen molar-refractivity contribution >= 4 is 17.7 Å². The minimum absolute atomic E-state index is 0.0132. The SMILES string of the molecule is COC(COC(=O)C1=C(C)N=C(C)C(C(=O)OC2CC2)C1c1cccc(F)c1F)c1ccccc1. The van der Waals surface area contributed by atoms with Crippen LogP contribution in [0.15, 0.2) is 64.8 Å². The van der Waals surface area contributed by atoms with E-state index in [-0.39, 0.29) is 29.5 Å². The molecular formula is C27H27F2NO5. The number of carbonyl (C=O) groups excluding carboxylic acids is 2. The number of hydrogen-bond acceptors (Lipinski definition) is 6. The smallest absolute Gasteiger partial charge is 0.336 e. The molecule has 4 rings (SSSR count). The van der Waals surface area contributed by atoms with Crippen LogP contribution < -0.4 is 0 Å². The molecule has 8 heteroatoms. The summed E-state index contributed by atoms with van der Waals surface area (Å²) in [7, 11) is 1.50. The number of aliphatic imine (C=N–C) groups is 1. The third-order valence-electron chi connectivity index (χ3n) is 6.25. The number of benzene rings is 2. The van der Waals surface area contributed by atoms with E-state index < -0.39 is 41.5 Å². The highest BCUT2D eigenvalue weighted by Crippen LogP contribution is 2.42. The van der Waals surface area contributed by atoms with Crippen molar-refractivity contribution in [2.75, 3.05) is 13.7 Å². The predicted molar refractivity (Wildman–Crippen MR) is 125 cm³/mol. The van der Waals surface area contributed by atoms with Gasteiger partial charge in [0.2, 0.25) is 0 Å². The lowest BCUT2D eigenvalue weighted by Crippen LogP contribution is -2.37. The van der Waals surface area contributed by atoms with Crippen LogP contribution in [-0.2, 0) is 23.8 Å². The van der Waals surface area contributed by atoms with Gasteiger partial charge in [0.15, 0.2) is 11.6 Å². The quantitative estimate of drug-likeness (QED) is 0.492. The fraction of sp³-hybridized carbons (Fsp3) is 0.370. The molecule has 3 atom stereocenters. The van der Waals surface area contributed by atoms with Crippen molar-refractivity contribution in [2.24, 2.45) is 10.9 Å². The second-order valence-electron chi connectivity index (χ2n) is 8.72. The lowest BCUT2D eigenvalue weighted by molar-refractivity contribution is -0.148. The van der Waals surface area contributed by atoms with E-state index in [0.29, 0.717) is 5.71 Å². The Bertz CT molecular complexity index is 1170. The van der Waals surface area contributed by atoms with E-state index >= 15 is 4.39 Å². The predicted octanol–water partition coefficient (Wildman–Crippen LogP) is 5.05. The Kier molecular flexibility index (Phi) is 7.40. The van der Waals surface area contributed by atoms with Crippen LogP contribution in [-0.4, -0.2) is 37.5 Å². The Morgan fingerprint density at radius 3 is 2.43 bits per heavy atom. The molecule has 1 heterocycles. The van der Waals surface area contributed by atoms with Crippen LogP contribution in [0.1, 0.15) is 49.8 Å². The maximum Gasteiger partial charge on any atom is 0.336 e. The highest BCUT2D eigenvalue weighted by atomic mass is 19.2. The molecule has 0 bridgehead atoms. The minimum Gasteiger partial charge on any atom is -0.462 e. The number of hydrogen-bond donors (Lipinski definition) is 0. The van der Waals surface area contributed by atoms with Gasteiger partial charge in [-0.2, -0.15) is 0 Å². The highest BCUT2D eigenvalue weighted by molar-refractivity contribution is 6.07. The molecule has 1 aliphatic carbocycles. The molecule has 2 aromatic rings. The Morgan fingerprint density at radius 1 is 1.06 bits per heavy atom. The Balaban J connectivity index is 1.69. The van der Waals surface area contributed by atoms with E-state index in [0.717, 1.165) is 24.5 Å². The first-order chi connectivity index (χ1) is 16.8. The van der Waals surface area contributed by atoms with Crippen molar-refractivity contribution in [3.8, 4) is 0 Å². The molecule has 2 aliphatic rings. The Labute approximate surface area is 202 Å². The van der Waals surface area contributed by atoms with Gasteiger partial charge in [-0.05, 0) is 43.9 Å². The number of rotatable bonds is 8. The summed E-state index contributed by atoms with van der Waals surface area (Å²) in [6, 6.07) is 12.9. The number of carbonyl (C=O) groups is 2. The van der Waals surface area contributed by atoms with Gasteiger partial charge in [0, 0.05) is 24.4 Å². The molecule has 0 aromatic heterocycles. The molecule has 0 amide bonds. The number of esters is 2. The zero-order valence-corrected chi connectivity index (χ0v) is 19.8. The monoisotopic (exact) mass is 483 g/mol. The van der Waals surface area contributed by atoms with Crippen molar-refractivity contribution in [1.82, 2.24) is 0 Å². The average Bonchev–Trinajstić information content (AvgIpc) is 3.65. The first kappa shape index (κ1) is 24.7. The number of methoxy groups -OCH3 is 1. The topological polar surface area (TPSA) is 74.2 Å². The lowest BCUT2D eigenvalue weighted by atomic mass is 9.75. The molecule has 0 saturated heterocycles. The summed E-state index contributed by atoms with van der Waals surface area (Å²) in [4.78, 5) is 30.9. The summed E-state index contributed by atoms with van der Waals surface area (Å²) in [6.45, 7) is 3.08. The van der Waals surface area contributed by atoms with Gasteiger partial charge in [0.25, 0.3) is 0 Å². The summed E-state index contributed by atoms with van der Waals surface area (Å²) in [5.74, 6) is -5.86. The van der Waals surface area contributed by atoms with Crippen LogP contribution in [0.25, 0.3) is 0 Å². The van der Waals surface area contributed by atoms with Gasteiger partial charge < -0.3 is 14.2 Å². The van der Waals surface area contributed by atoms with Crippen molar-refractivity contribution < 1.29 is 32.6 Å². The molecule has 6 nitrogen and oxygen atoms in total. The van der Waals surface area contributed by atoms with Gasteiger partial charge in [0.1, 0.15) is 24.7 Å². The largest absolute Gasteiger partial charge is 0.462 e. The number of ether oxygens (including phenoxy) is 3. The fourth-order valence-corrected chi connectivity index (χ4v) is 4.32. The molecule has 2 aromatic carbocycles. The Hall–Kier alpha value is -3.39. The normalized spacial score (nSPS) is 20.8. The third-order valence-corrected chi connectivity index (χ3v) is 6.25. The molecule has 0 N–H and O–H groups in total. The van der Waals surface area contributed by atoms with Gasteiger partial charge in [-0.1, -0.05) is 42.5 Å². The van der Waals surface area contributed by atoms with E-state index in [9.17, 15) is 14.0 Å². The van der Waals surface area contributed by atoms with Crippen LogP contribution >= 0.6 is 0 Å². The zero-order valence-electron chi connectivity index (χ0n) is 19.8. The number of allylic oxidation sites excluding steroid dienone is 1. The first-order valence-corrected chi connectivity index (χ1v) is 11.5. The maximum absolute atomic E-state index is 15.0. The molecule has 0 spiro atoms. The van der Waals surface area contributed by atoms with E-state index in [2.05, 4.69) is 4.99 Å². The first-order valence-electron chi connectivity index (χ1n) is 11.5. The molecule has 1 aliphatic heterocycles. The minimum atomic E-state index is -1.15. The lowest BCUT2D eigenvalue weighted by Gasteiger charge is -2.32. The molecule has 35 heavy (non-hydrogen) atoms. The van der Waals surface area contributed by atoms with Gasteiger partial charge in [-0.25, -0.2) is 13.6 Å². The van der Waals surface area contributed by atoms with Crippen LogP contribution in [0, 0.1) is 17.6 Å². The molecular weight excluding hydrogens is 456 g/mol. The van der Waals surface area contributed by atoms with Crippen LogP contribution in [0.5, 0.6) is 0 Å². The average molecular weight is 484 g/mol. The molecule has 1 saturated carbocycles. The van der Waals surface area contributed by atoms with Gasteiger partial charge in [-0.15, -0.1) is 0 Å². The number of nitrogens with zero attached hydrogens (tertiary/aromatic N) is 1. The van der Waals surface area contributed by atoms with Crippen molar-refractivity contribution in [3.63, 3.8) is 0 Å². The fourth-order valence-electron chi connectivity index (χ4n) is 4.32. The summed E-state index contributed by atoms with van der Waals surface area (Å²) >= 11 is 0. The third kappa shape index (κ3) is 5.32. The van der Waals surface area contributed by atoms with Crippen molar-refractivity contribution in [3.05, 3.63) is 82.6 Å². The number of halogens is 2. The van der Waals surface area contributed by atoms with Crippen LogP contribution in [0.4, 0.5) is 8.78 Å². The summed E-state index contributed by atoms with van der Waals surface area (Å²) in [5, 5.41) is 0. The van der Waals surface area contributed by atoms with Gasteiger partial charge >= 0.3 is 11.9 Å². The second-order valence-corrected chi connectivity index (χ2v) is 8.72. The van der Waals surface area contributed by atoms with E-state index in [4.69, 9.17) is 14.2 Å². The van der Waals surface area contributed by atoms with Crippen LogP contribution in [0.3, 0.4) is 0 Å². The van der Waals surface area contributed by atoms with E-state index in [1.807, 2.05) is 30.3 Å². The summed E-state index contributed by atoms with van der Waals surface area (Å²) in [6.07, 6.45) is 0.754. The zero-order chi connectivity index (χ0) is 25.1. The molecule has 0 radical (unpaired) electrons. The van der Waals surface area contributed by atoms with Crippen molar-refractivity contribution in [1.29, 1.82) is 0 Å². The van der Waals surface area contributed by atoms with Crippen molar-refractivity contribution in [2.45, 2.75) is 44.8 Å². The van der Waals surface area contributed by atoms with Crippen LogP contribution in [0.2, 0.25) is 0 Å². The Morgan fingerprint density at radius 2 is 1.77 bits per heavy atom. The van der Waals surface area contributed by atoms with E-state index in [1.54, 1.807) is 13.8 Å².